The van der Waals surface area contributed by atoms with Crippen LogP contribution >= 0.6 is 0 Å². The zero-order valence-corrected chi connectivity index (χ0v) is 10.9. The molecule has 0 fully saturated rings. The third kappa shape index (κ3) is 2.69. The van der Waals surface area contributed by atoms with Crippen LogP contribution in [0.1, 0.15) is 5.56 Å². The summed E-state index contributed by atoms with van der Waals surface area (Å²) in [4.78, 5) is 1.86. The second-order valence-corrected chi connectivity index (χ2v) is 4.16. The van der Waals surface area contributed by atoms with Crippen molar-refractivity contribution in [3.63, 3.8) is 0 Å². The number of ether oxygens (including phenoxy) is 1. The van der Waals surface area contributed by atoms with Crippen molar-refractivity contribution in [2.75, 3.05) is 19.1 Å². The van der Waals surface area contributed by atoms with E-state index in [1.165, 1.54) is 12.1 Å². The number of aliphatic hydroxyl groups is 1. The molecule has 0 spiro atoms. The number of rotatable bonds is 4. The number of aliphatic hydroxyl groups excluding tert-OH is 1. The van der Waals surface area contributed by atoms with E-state index in [9.17, 15) is 9.50 Å². The Balaban J connectivity index is 2.46. The summed E-state index contributed by atoms with van der Waals surface area (Å²) in [5.74, 6) is 0.361. The molecule has 0 aliphatic carbocycles. The molecule has 4 heteroatoms. The first-order valence-electron chi connectivity index (χ1n) is 5.93. The first kappa shape index (κ1) is 13.4. The fourth-order valence-electron chi connectivity index (χ4n) is 2.04. The quantitative estimate of drug-likeness (QED) is 0.918. The number of para-hydroxylation sites is 2. The molecule has 100 valence electrons. The Labute approximate surface area is 111 Å². The summed E-state index contributed by atoms with van der Waals surface area (Å²) in [5.41, 5.74) is 2.13. The van der Waals surface area contributed by atoms with Crippen molar-refractivity contribution in [1.29, 1.82) is 0 Å². The second kappa shape index (κ2) is 5.71. The Morgan fingerprint density at radius 2 is 1.89 bits per heavy atom. The van der Waals surface area contributed by atoms with Crippen LogP contribution in [-0.2, 0) is 6.61 Å². The van der Waals surface area contributed by atoms with Gasteiger partial charge in [-0.3, -0.25) is 0 Å². The Kier molecular flexibility index (Phi) is 4.02. The monoisotopic (exact) mass is 261 g/mol. The van der Waals surface area contributed by atoms with Crippen LogP contribution in [-0.4, -0.2) is 19.3 Å². The molecular formula is C15H16FNO2. The molecule has 2 aromatic rings. The molecule has 2 rings (SSSR count). The minimum Gasteiger partial charge on any atom is -0.495 e. The maximum absolute atomic E-state index is 13.2. The molecule has 0 saturated carbocycles. The Bertz CT molecular complexity index is 572. The Hall–Kier alpha value is -2.07. The molecule has 3 nitrogen and oxygen atoms in total. The first-order valence-corrected chi connectivity index (χ1v) is 5.93. The van der Waals surface area contributed by atoms with E-state index in [1.807, 2.05) is 36.2 Å². The highest BCUT2D eigenvalue weighted by atomic mass is 19.1. The van der Waals surface area contributed by atoms with E-state index >= 15 is 0 Å². The summed E-state index contributed by atoms with van der Waals surface area (Å²) in [6, 6.07) is 11.9. The maximum Gasteiger partial charge on any atom is 0.142 e. The minimum absolute atomic E-state index is 0.216. The van der Waals surface area contributed by atoms with Gasteiger partial charge in [0.25, 0.3) is 0 Å². The molecule has 0 radical (unpaired) electrons. The van der Waals surface area contributed by atoms with Gasteiger partial charge < -0.3 is 14.7 Å². The highest BCUT2D eigenvalue weighted by Gasteiger charge is 2.13. The predicted molar refractivity (Wildman–Crippen MR) is 73.4 cm³/mol. The Morgan fingerprint density at radius 3 is 2.58 bits per heavy atom. The summed E-state index contributed by atoms with van der Waals surface area (Å²) in [5, 5.41) is 9.34. The lowest BCUT2D eigenvalue weighted by molar-refractivity contribution is 0.281. The number of hydrogen-bond acceptors (Lipinski definition) is 3. The van der Waals surface area contributed by atoms with Crippen LogP contribution in [0.5, 0.6) is 5.75 Å². The highest BCUT2D eigenvalue weighted by Crippen LogP contribution is 2.34. The van der Waals surface area contributed by atoms with Crippen LogP contribution < -0.4 is 9.64 Å². The average Bonchev–Trinajstić information content (AvgIpc) is 2.46. The van der Waals surface area contributed by atoms with Gasteiger partial charge in [0.2, 0.25) is 0 Å². The maximum atomic E-state index is 13.2. The molecule has 2 aromatic carbocycles. The highest BCUT2D eigenvalue weighted by molar-refractivity contribution is 5.70. The summed E-state index contributed by atoms with van der Waals surface area (Å²) in [6.07, 6.45) is 0. The van der Waals surface area contributed by atoms with Gasteiger partial charge >= 0.3 is 0 Å². The van der Waals surface area contributed by atoms with Gasteiger partial charge in [-0.25, -0.2) is 4.39 Å². The van der Waals surface area contributed by atoms with Gasteiger partial charge in [-0.05, 0) is 30.3 Å². The number of methoxy groups -OCH3 is 1. The van der Waals surface area contributed by atoms with E-state index in [2.05, 4.69) is 0 Å². The molecular weight excluding hydrogens is 245 g/mol. The predicted octanol–water partition coefficient (Wildman–Crippen LogP) is 3.09. The lowest BCUT2D eigenvalue weighted by Crippen LogP contribution is -2.13. The molecule has 0 bridgehead atoms. The minimum atomic E-state index is -0.360. The number of hydrogen-bond donors (Lipinski definition) is 1. The van der Waals surface area contributed by atoms with Gasteiger partial charge in [0.1, 0.15) is 11.6 Å². The smallest absolute Gasteiger partial charge is 0.142 e. The SMILES string of the molecule is COc1ccccc1N(C)c1ccc(F)cc1CO. The van der Waals surface area contributed by atoms with Crippen molar-refractivity contribution in [2.45, 2.75) is 6.61 Å². The Morgan fingerprint density at radius 1 is 1.16 bits per heavy atom. The number of nitrogens with zero attached hydrogens (tertiary/aromatic N) is 1. The summed E-state index contributed by atoms with van der Waals surface area (Å²) in [6.45, 7) is -0.216. The molecule has 0 heterocycles. The van der Waals surface area contributed by atoms with Gasteiger partial charge in [-0.1, -0.05) is 12.1 Å². The van der Waals surface area contributed by atoms with Gasteiger partial charge in [0.05, 0.1) is 19.4 Å². The fourth-order valence-corrected chi connectivity index (χ4v) is 2.04. The van der Waals surface area contributed by atoms with E-state index in [1.54, 1.807) is 13.2 Å². The molecule has 19 heavy (non-hydrogen) atoms. The van der Waals surface area contributed by atoms with Crippen molar-refractivity contribution in [2.24, 2.45) is 0 Å². The topological polar surface area (TPSA) is 32.7 Å². The van der Waals surface area contributed by atoms with Crippen LogP contribution in [0.4, 0.5) is 15.8 Å². The van der Waals surface area contributed by atoms with Crippen LogP contribution in [0.2, 0.25) is 0 Å². The van der Waals surface area contributed by atoms with E-state index in [0.29, 0.717) is 5.56 Å². The second-order valence-electron chi connectivity index (χ2n) is 4.16. The van der Waals surface area contributed by atoms with Crippen LogP contribution in [0.3, 0.4) is 0 Å². The summed E-state index contributed by atoms with van der Waals surface area (Å²) >= 11 is 0. The van der Waals surface area contributed by atoms with Gasteiger partial charge in [0, 0.05) is 18.3 Å². The van der Waals surface area contributed by atoms with E-state index in [4.69, 9.17) is 4.74 Å². The van der Waals surface area contributed by atoms with Gasteiger partial charge in [-0.15, -0.1) is 0 Å². The molecule has 1 N–H and O–H groups in total. The standard InChI is InChI=1S/C15H16FNO2/c1-17(14-5-3-4-6-15(14)19-2)13-8-7-12(16)9-11(13)10-18/h3-9,18H,10H2,1-2H3. The molecule has 0 amide bonds. The largest absolute Gasteiger partial charge is 0.495 e. The van der Waals surface area contributed by atoms with Crippen LogP contribution in [0.25, 0.3) is 0 Å². The number of halogens is 1. The number of benzene rings is 2. The molecule has 0 atom stereocenters. The van der Waals surface area contributed by atoms with Gasteiger partial charge in [-0.2, -0.15) is 0 Å². The molecule has 0 aliphatic heterocycles. The van der Waals surface area contributed by atoms with Crippen LogP contribution in [0, 0.1) is 5.82 Å². The van der Waals surface area contributed by atoms with Crippen molar-refractivity contribution in [1.82, 2.24) is 0 Å². The fraction of sp³-hybridized carbons (Fsp3) is 0.200. The molecule has 0 saturated heterocycles. The lowest BCUT2D eigenvalue weighted by atomic mass is 10.1. The van der Waals surface area contributed by atoms with E-state index < -0.39 is 0 Å². The first-order chi connectivity index (χ1) is 9.17. The third-order valence-corrected chi connectivity index (χ3v) is 3.02. The van der Waals surface area contributed by atoms with Crippen molar-refractivity contribution >= 4 is 11.4 Å². The molecule has 0 aromatic heterocycles. The van der Waals surface area contributed by atoms with Crippen molar-refractivity contribution < 1.29 is 14.2 Å². The zero-order chi connectivity index (χ0) is 13.8. The third-order valence-electron chi connectivity index (χ3n) is 3.02. The van der Waals surface area contributed by atoms with Gasteiger partial charge in [0.15, 0.2) is 0 Å². The normalized spacial score (nSPS) is 10.3. The number of anilines is 2. The van der Waals surface area contributed by atoms with Crippen molar-refractivity contribution in [3.05, 3.63) is 53.8 Å². The van der Waals surface area contributed by atoms with E-state index in [-0.39, 0.29) is 12.4 Å². The van der Waals surface area contributed by atoms with E-state index in [0.717, 1.165) is 17.1 Å². The average molecular weight is 261 g/mol. The zero-order valence-electron chi connectivity index (χ0n) is 10.9. The van der Waals surface area contributed by atoms with Crippen molar-refractivity contribution in [3.8, 4) is 5.75 Å². The summed E-state index contributed by atoms with van der Waals surface area (Å²) < 4.78 is 18.5. The van der Waals surface area contributed by atoms with Crippen LogP contribution in [0.15, 0.2) is 42.5 Å². The molecule has 0 aliphatic rings. The lowest BCUT2D eigenvalue weighted by Gasteiger charge is -2.24. The molecule has 0 unspecified atom stereocenters. The summed E-state index contributed by atoms with van der Waals surface area (Å²) in [7, 11) is 3.45.